The maximum atomic E-state index is 5.81. The maximum absolute atomic E-state index is 5.81. The molecule has 0 aliphatic carbocycles. The number of ether oxygens (including phenoxy) is 2. The Labute approximate surface area is 191 Å². The van der Waals surface area contributed by atoms with Crippen LogP contribution in [0.25, 0.3) is 21.8 Å². The van der Waals surface area contributed by atoms with Crippen LogP contribution in [-0.2, 0) is 6.54 Å². The average molecular weight is 430 g/mol. The van der Waals surface area contributed by atoms with Crippen molar-refractivity contribution < 1.29 is 14.0 Å². The van der Waals surface area contributed by atoms with Crippen LogP contribution in [0.2, 0.25) is 0 Å². The molecule has 0 unspecified atom stereocenters. The lowest BCUT2D eigenvalue weighted by Gasteiger charge is -2.27. The predicted octanol–water partition coefficient (Wildman–Crippen LogP) is 6.56. The van der Waals surface area contributed by atoms with Crippen molar-refractivity contribution in [3.63, 3.8) is 0 Å². The lowest BCUT2D eigenvalue weighted by atomic mass is 9.99. The highest BCUT2D eigenvalue weighted by atomic mass is 16.5. The zero-order valence-electron chi connectivity index (χ0n) is 19.8. The van der Waals surface area contributed by atoms with Crippen LogP contribution in [0.4, 0.5) is 11.4 Å². The van der Waals surface area contributed by atoms with Gasteiger partial charge < -0.3 is 14.4 Å². The van der Waals surface area contributed by atoms with Gasteiger partial charge in [-0.2, -0.15) is 4.57 Å². The quantitative estimate of drug-likeness (QED) is 0.234. The maximum Gasteiger partial charge on any atom is 0.217 e. The number of methoxy groups -OCH3 is 2. The third kappa shape index (κ3) is 3.75. The molecule has 1 aromatic heterocycles. The van der Waals surface area contributed by atoms with Crippen molar-refractivity contribution in [2.45, 2.75) is 40.2 Å². The topological polar surface area (TPSA) is 25.6 Å². The molecule has 0 spiro atoms. The van der Waals surface area contributed by atoms with Gasteiger partial charge in [0, 0.05) is 36.9 Å². The summed E-state index contributed by atoms with van der Waals surface area (Å²) in [5.41, 5.74) is 6.08. The van der Waals surface area contributed by atoms with E-state index < -0.39 is 0 Å². The van der Waals surface area contributed by atoms with Crippen molar-refractivity contribution in [1.82, 2.24) is 0 Å². The normalized spacial score (nSPS) is 11.2. The van der Waals surface area contributed by atoms with E-state index in [-0.39, 0.29) is 0 Å². The Morgan fingerprint density at radius 3 is 2.22 bits per heavy atom. The number of hydrogen-bond acceptors (Lipinski definition) is 3. The minimum Gasteiger partial charge on any atom is -0.497 e. The Kier molecular flexibility index (Phi) is 6.50. The van der Waals surface area contributed by atoms with E-state index in [1.807, 2.05) is 6.07 Å². The van der Waals surface area contributed by atoms with E-state index in [1.165, 1.54) is 33.1 Å². The molecule has 0 atom stereocenters. The molecule has 0 aliphatic rings. The number of aryl methyl sites for hydroxylation is 2. The minimum atomic E-state index is 0.869. The van der Waals surface area contributed by atoms with Gasteiger partial charge in [0.2, 0.25) is 11.0 Å². The molecule has 166 valence electrons. The molecule has 0 N–H and O–H groups in total. The number of hydrogen-bond donors (Lipinski definition) is 0. The molecule has 0 aliphatic heterocycles. The molecule has 0 fully saturated rings. The number of fused-ring (bicyclic) bond motifs is 2. The summed E-state index contributed by atoms with van der Waals surface area (Å²) in [5.74, 6) is 1.79. The molecular weight excluding hydrogens is 396 g/mol. The summed E-state index contributed by atoms with van der Waals surface area (Å²) in [6, 6.07) is 21.3. The van der Waals surface area contributed by atoms with Crippen LogP contribution in [-0.4, -0.2) is 20.8 Å². The molecule has 32 heavy (non-hydrogen) atoms. The standard InChI is InChI=1S/C28H33N2O2/c1-6-17-29(21-11-8-12-22(19-21)31-4)23-13-9-14-24-27(23)20(3)28-25(30(24)18-7-2)15-10-16-26(28)32-5/h8-16,19H,6-7,17-18H2,1-5H3/q+1. The van der Waals surface area contributed by atoms with E-state index in [0.29, 0.717) is 0 Å². The highest BCUT2D eigenvalue weighted by Gasteiger charge is 2.24. The van der Waals surface area contributed by atoms with Gasteiger partial charge in [0.15, 0.2) is 0 Å². The van der Waals surface area contributed by atoms with Gasteiger partial charge in [0.25, 0.3) is 0 Å². The lowest BCUT2D eigenvalue weighted by molar-refractivity contribution is -0.645. The van der Waals surface area contributed by atoms with E-state index in [9.17, 15) is 0 Å². The summed E-state index contributed by atoms with van der Waals surface area (Å²) in [6.07, 6.45) is 2.10. The van der Waals surface area contributed by atoms with Crippen LogP contribution in [0.1, 0.15) is 32.3 Å². The molecule has 0 bridgehead atoms. The molecule has 0 saturated heterocycles. The fraction of sp³-hybridized carbons (Fsp3) is 0.321. The van der Waals surface area contributed by atoms with E-state index in [0.717, 1.165) is 43.1 Å². The second kappa shape index (κ2) is 9.47. The Morgan fingerprint density at radius 1 is 0.812 bits per heavy atom. The van der Waals surface area contributed by atoms with Crippen LogP contribution in [0.5, 0.6) is 11.5 Å². The first-order valence-electron chi connectivity index (χ1n) is 11.5. The molecule has 1 heterocycles. The highest BCUT2D eigenvalue weighted by molar-refractivity contribution is 6.03. The Bertz CT molecular complexity index is 1250. The molecule has 4 heteroatoms. The van der Waals surface area contributed by atoms with Gasteiger partial charge in [-0.25, -0.2) is 0 Å². The second-order valence-electron chi connectivity index (χ2n) is 8.16. The third-order valence-electron chi connectivity index (χ3n) is 6.13. The van der Waals surface area contributed by atoms with E-state index in [2.05, 4.69) is 84.8 Å². The molecular formula is C28H33N2O2+. The number of rotatable bonds is 8. The first-order valence-corrected chi connectivity index (χ1v) is 11.5. The summed E-state index contributed by atoms with van der Waals surface area (Å²) < 4.78 is 13.8. The minimum absolute atomic E-state index is 0.869. The average Bonchev–Trinajstić information content (AvgIpc) is 2.84. The summed E-state index contributed by atoms with van der Waals surface area (Å²) in [6.45, 7) is 8.55. The Hall–Kier alpha value is -3.27. The zero-order chi connectivity index (χ0) is 22.7. The van der Waals surface area contributed by atoms with Crippen LogP contribution in [0, 0.1) is 6.92 Å². The predicted molar refractivity (Wildman–Crippen MR) is 134 cm³/mol. The van der Waals surface area contributed by atoms with Gasteiger partial charge in [0.05, 0.1) is 30.7 Å². The summed E-state index contributed by atoms with van der Waals surface area (Å²) >= 11 is 0. The van der Waals surface area contributed by atoms with Gasteiger partial charge in [0.1, 0.15) is 18.0 Å². The fourth-order valence-corrected chi connectivity index (χ4v) is 4.76. The van der Waals surface area contributed by atoms with E-state index >= 15 is 0 Å². The summed E-state index contributed by atoms with van der Waals surface area (Å²) in [7, 11) is 3.48. The smallest absolute Gasteiger partial charge is 0.217 e. The highest BCUT2D eigenvalue weighted by Crippen LogP contribution is 2.39. The number of pyridine rings is 1. The third-order valence-corrected chi connectivity index (χ3v) is 6.13. The fourth-order valence-electron chi connectivity index (χ4n) is 4.76. The number of benzene rings is 3. The monoisotopic (exact) mass is 429 g/mol. The summed E-state index contributed by atoms with van der Waals surface area (Å²) in [5, 5.41) is 2.46. The first kappa shape index (κ1) is 21.9. The van der Waals surface area contributed by atoms with Crippen LogP contribution in [0.15, 0.2) is 60.7 Å². The SMILES string of the molecule is CCCN(c1cccc(OC)c1)c1cccc2c1c(C)c1c(OC)cccc1[n+]2CCC. The molecule has 0 amide bonds. The van der Waals surface area contributed by atoms with Crippen molar-refractivity contribution in [2.24, 2.45) is 0 Å². The zero-order valence-corrected chi connectivity index (χ0v) is 19.8. The van der Waals surface area contributed by atoms with Crippen molar-refractivity contribution in [2.75, 3.05) is 25.7 Å². The van der Waals surface area contributed by atoms with Gasteiger partial charge in [-0.15, -0.1) is 0 Å². The van der Waals surface area contributed by atoms with Crippen molar-refractivity contribution in [3.8, 4) is 11.5 Å². The van der Waals surface area contributed by atoms with E-state index in [1.54, 1.807) is 14.2 Å². The van der Waals surface area contributed by atoms with Gasteiger partial charge in [-0.1, -0.05) is 32.0 Å². The first-order chi connectivity index (χ1) is 15.6. The van der Waals surface area contributed by atoms with Gasteiger partial charge in [-0.05, 0) is 43.2 Å². The Balaban J connectivity index is 2.09. The van der Waals surface area contributed by atoms with Crippen LogP contribution in [0.3, 0.4) is 0 Å². The molecule has 4 rings (SSSR count). The molecule has 0 radical (unpaired) electrons. The van der Waals surface area contributed by atoms with Crippen molar-refractivity contribution in [1.29, 1.82) is 0 Å². The van der Waals surface area contributed by atoms with Crippen molar-refractivity contribution >= 4 is 33.2 Å². The van der Waals surface area contributed by atoms with Crippen LogP contribution < -0.4 is 18.9 Å². The second-order valence-corrected chi connectivity index (χ2v) is 8.16. The largest absolute Gasteiger partial charge is 0.497 e. The summed E-state index contributed by atoms with van der Waals surface area (Å²) in [4.78, 5) is 2.41. The number of aromatic nitrogens is 1. The number of nitrogens with zero attached hydrogens (tertiary/aromatic N) is 2. The molecule has 4 nitrogen and oxygen atoms in total. The van der Waals surface area contributed by atoms with Gasteiger partial charge in [-0.3, -0.25) is 0 Å². The Morgan fingerprint density at radius 2 is 1.53 bits per heavy atom. The molecule has 4 aromatic rings. The van der Waals surface area contributed by atoms with Crippen LogP contribution >= 0.6 is 0 Å². The van der Waals surface area contributed by atoms with E-state index in [4.69, 9.17) is 9.47 Å². The van der Waals surface area contributed by atoms with Crippen molar-refractivity contribution in [3.05, 3.63) is 66.2 Å². The molecule has 3 aromatic carbocycles. The molecule has 0 saturated carbocycles. The lowest BCUT2D eigenvalue weighted by Crippen LogP contribution is -2.36. The number of anilines is 2. The van der Waals surface area contributed by atoms with Gasteiger partial charge >= 0.3 is 0 Å².